The van der Waals surface area contributed by atoms with Crippen LogP contribution in [0.4, 0.5) is 13.2 Å². The van der Waals surface area contributed by atoms with Gasteiger partial charge in [0.1, 0.15) is 5.82 Å². The largest absolute Gasteiger partial charge is 0.206 e. The average molecular weight is 392 g/mol. The zero-order valence-corrected chi connectivity index (χ0v) is 16.4. The van der Waals surface area contributed by atoms with Crippen molar-refractivity contribution in [1.29, 1.82) is 0 Å². The van der Waals surface area contributed by atoms with Crippen LogP contribution in [0.3, 0.4) is 0 Å². The first-order valence-electron chi connectivity index (χ1n) is 10.2. The molecule has 0 N–H and O–H groups in total. The molecule has 0 radical (unpaired) electrons. The van der Waals surface area contributed by atoms with Crippen LogP contribution in [-0.2, 0) is 0 Å². The van der Waals surface area contributed by atoms with Crippen molar-refractivity contribution in [1.82, 2.24) is 0 Å². The van der Waals surface area contributed by atoms with E-state index in [1.54, 1.807) is 30.3 Å². The zero-order valence-electron chi connectivity index (χ0n) is 16.4. The highest BCUT2D eigenvalue weighted by atomic mass is 19.2. The summed E-state index contributed by atoms with van der Waals surface area (Å²) in [6, 6.07) is 12.8. The first-order valence-corrected chi connectivity index (χ1v) is 10.2. The summed E-state index contributed by atoms with van der Waals surface area (Å²) in [4.78, 5) is 0. The van der Waals surface area contributed by atoms with Crippen molar-refractivity contribution >= 4 is 10.8 Å². The zero-order chi connectivity index (χ0) is 20.4. The molecule has 0 heterocycles. The van der Waals surface area contributed by atoms with Gasteiger partial charge in [-0.3, -0.25) is 0 Å². The lowest BCUT2D eigenvalue weighted by Gasteiger charge is -2.28. The molecular formula is C26H23F3. The van der Waals surface area contributed by atoms with Gasteiger partial charge in [-0.15, -0.1) is 0 Å². The van der Waals surface area contributed by atoms with Gasteiger partial charge < -0.3 is 0 Å². The molecule has 0 unspecified atom stereocenters. The predicted molar refractivity (Wildman–Crippen MR) is 111 cm³/mol. The average Bonchev–Trinajstić information content (AvgIpc) is 2.74. The fraction of sp³-hybridized carbons (Fsp3) is 0.308. The maximum Gasteiger partial charge on any atom is 0.159 e. The first-order chi connectivity index (χ1) is 14.0. The van der Waals surface area contributed by atoms with Crippen LogP contribution < -0.4 is 0 Å². The number of fused-ring (bicyclic) bond motifs is 1. The molecule has 0 nitrogen and oxygen atoms in total. The van der Waals surface area contributed by atoms with Gasteiger partial charge >= 0.3 is 0 Å². The minimum atomic E-state index is -0.917. The molecule has 4 rings (SSSR count). The Balaban J connectivity index is 1.59. The van der Waals surface area contributed by atoms with Gasteiger partial charge in [0.15, 0.2) is 11.6 Å². The Morgan fingerprint density at radius 3 is 2.24 bits per heavy atom. The van der Waals surface area contributed by atoms with Crippen molar-refractivity contribution < 1.29 is 13.2 Å². The van der Waals surface area contributed by atoms with Gasteiger partial charge in [-0.2, -0.15) is 0 Å². The Bertz CT molecular complexity index is 1100. The lowest BCUT2D eigenvalue weighted by Crippen LogP contribution is -2.12. The highest BCUT2D eigenvalue weighted by Crippen LogP contribution is 2.37. The fourth-order valence-corrected chi connectivity index (χ4v) is 4.31. The molecule has 0 bridgehead atoms. The molecule has 0 saturated heterocycles. The summed E-state index contributed by atoms with van der Waals surface area (Å²) in [5, 5.41) is 1.08. The predicted octanol–water partition coefficient (Wildman–Crippen LogP) is 7.34. The van der Waals surface area contributed by atoms with E-state index in [1.807, 2.05) is 6.07 Å². The summed E-state index contributed by atoms with van der Waals surface area (Å²) < 4.78 is 41.8. The highest BCUT2D eigenvalue weighted by molar-refractivity contribution is 5.88. The van der Waals surface area contributed by atoms with E-state index in [4.69, 9.17) is 0 Å². The second-order valence-electron chi connectivity index (χ2n) is 7.91. The molecule has 0 aliphatic heterocycles. The summed E-state index contributed by atoms with van der Waals surface area (Å²) in [7, 11) is 0. The fourth-order valence-electron chi connectivity index (χ4n) is 4.31. The number of halogens is 3. The van der Waals surface area contributed by atoms with Crippen LogP contribution >= 0.6 is 0 Å². The summed E-state index contributed by atoms with van der Waals surface area (Å²) >= 11 is 0. The third-order valence-corrected chi connectivity index (χ3v) is 6.14. The standard InChI is InChI=1S/C26H23F3/c1-2-17-6-8-18(9-7-17)21-13-12-20(24(27)14-21)11-10-19-4-3-5-22-15-25(28)26(29)16-23(19)22/h3-5,12-18H,2,6-9H2,1H3. The Kier molecular flexibility index (Phi) is 5.62. The van der Waals surface area contributed by atoms with E-state index in [0.29, 0.717) is 27.8 Å². The maximum atomic E-state index is 14.7. The van der Waals surface area contributed by atoms with Crippen LogP contribution in [0, 0.1) is 35.2 Å². The molecule has 3 aromatic carbocycles. The van der Waals surface area contributed by atoms with Crippen molar-refractivity contribution in [3.63, 3.8) is 0 Å². The van der Waals surface area contributed by atoms with E-state index in [1.165, 1.54) is 19.3 Å². The summed E-state index contributed by atoms with van der Waals surface area (Å²) in [6.07, 6.45) is 5.87. The van der Waals surface area contributed by atoms with Crippen LogP contribution in [0.5, 0.6) is 0 Å². The number of benzene rings is 3. The number of hydrogen-bond acceptors (Lipinski definition) is 0. The molecule has 0 spiro atoms. The molecule has 3 heteroatoms. The molecule has 1 aliphatic rings. The molecule has 29 heavy (non-hydrogen) atoms. The first kappa shape index (κ1) is 19.6. The minimum absolute atomic E-state index is 0.315. The number of rotatable bonds is 2. The van der Waals surface area contributed by atoms with Gasteiger partial charge in [-0.25, -0.2) is 13.2 Å². The monoisotopic (exact) mass is 392 g/mol. The summed E-state index contributed by atoms with van der Waals surface area (Å²) in [5.41, 5.74) is 1.91. The Morgan fingerprint density at radius 2 is 1.52 bits per heavy atom. The van der Waals surface area contributed by atoms with E-state index in [2.05, 4.69) is 18.8 Å². The second kappa shape index (κ2) is 8.33. The normalized spacial score (nSPS) is 19.0. The minimum Gasteiger partial charge on any atom is -0.206 e. The van der Waals surface area contributed by atoms with Crippen molar-refractivity contribution in [3.8, 4) is 11.8 Å². The van der Waals surface area contributed by atoms with Crippen LogP contribution in [0.25, 0.3) is 10.8 Å². The summed E-state index contributed by atoms with van der Waals surface area (Å²) in [6.45, 7) is 2.24. The summed E-state index contributed by atoms with van der Waals surface area (Å²) in [5.74, 6) is 4.88. The van der Waals surface area contributed by atoms with Crippen LogP contribution in [-0.4, -0.2) is 0 Å². The quantitative estimate of drug-likeness (QED) is 0.400. The second-order valence-corrected chi connectivity index (χ2v) is 7.91. The SMILES string of the molecule is CCC1CCC(c2ccc(C#Cc3cccc4cc(F)c(F)cc34)c(F)c2)CC1. The van der Waals surface area contributed by atoms with E-state index >= 15 is 0 Å². The maximum absolute atomic E-state index is 14.7. The van der Waals surface area contributed by atoms with Crippen molar-refractivity contribution in [2.75, 3.05) is 0 Å². The molecule has 1 aliphatic carbocycles. The molecule has 1 fully saturated rings. The molecule has 1 saturated carbocycles. The van der Waals surface area contributed by atoms with Gasteiger partial charge in [-0.1, -0.05) is 43.4 Å². The Hall–Kier alpha value is -2.73. The molecule has 0 atom stereocenters. The van der Waals surface area contributed by atoms with Crippen LogP contribution in [0.1, 0.15) is 61.6 Å². The highest BCUT2D eigenvalue weighted by Gasteiger charge is 2.21. The van der Waals surface area contributed by atoms with Crippen molar-refractivity contribution in [2.45, 2.75) is 44.9 Å². The Morgan fingerprint density at radius 1 is 0.793 bits per heavy atom. The van der Waals surface area contributed by atoms with Gasteiger partial charge in [0.05, 0.1) is 5.56 Å². The van der Waals surface area contributed by atoms with Gasteiger partial charge in [0, 0.05) is 10.9 Å². The third kappa shape index (κ3) is 4.17. The van der Waals surface area contributed by atoms with E-state index in [-0.39, 0.29) is 5.82 Å². The van der Waals surface area contributed by atoms with E-state index in [9.17, 15) is 13.2 Å². The van der Waals surface area contributed by atoms with E-state index < -0.39 is 11.6 Å². The van der Waals surface area contributed by atoms with Gasteiger partial charge in [-0.05, 0) is 78.8 Å². The smallest absolute Gasteiger partial charge is 0.159 e. The lowest BCUT2D eigenvalue weighted by atomic mass is 9.78. The molecular weight excluding hydrogens is 369 g/mol. The number of hydrogen-bond donors (Lipinski definition) is 0. The van der Waals surface area contributed by atoms with Crippen molar-refractivity contribution in [2.24, 2.45) is 5.92 Å². The third-order valence-electron chi connectivity index (χ3n) is 6.14. The Labute approximate surface area is 169 Å². The van der Waals surface area contributed by atoms with Gasteiger partial charge in [0.2, 0.25) is 0 Å². The molecule has 3 aromatic rings. The lowest BCUT2D eigenvalue weighted by molar-refractivity contribution is 0.318. The van der Waals surface area contributed by atoms with Crippen molar-refractivity contribution in [3.05, 3.63) is 82.7 Å². The van der Waals surface area contributed by atoms with E-state index in [0.717, 1.165) is 36.5 Å². The molecule has 0 aromatic heterocycles. The van der Waals surface area contributed by atoms with Gasteiger partial charge in [0.25, 0.3) is 0 Å². The topological polar surface area (TPSA) is 0 Å². The van der Waals surface area contributed by atoms with Crippen LogP contribution in [0.2, 0.25) is 0 Å². The van der Waals surface area contributed by atoms with Crippen LogP contribution in [0.15, 0.2) is 48.5 Å². The molecule has 0 amide bonds. The molecule has 148 valence electrons.